The molecule has 2 heteroatoms. The molecule has 1 nitrogen and oxygen atoms in total. The molecule has 0 saturated heterocycles. The first-order chi connectivity index (χ1) is 7.86. The number of hydrogen-bond donors (Lipinski definition) is 0. The molecule has 1 aliphatic rings. The van der Waals surface area contributed by atoms with Gasteiger partial charge in [0.2, 0.25) is 0 Å². The molecule has 2 aromatic rings. The van der Waals surface area contributed by atoms with Crippen molar-refractivity contribution in [3.05, 3.63) is 39.8 Å². The summed E-state index contributed by atoms with van der Waals surface area (Å²) in [6.45, 7) is 2.19. The molecule has 0 amide bonds. The molecule has 3 rings (SSSR count). The Morgan fingerprint density at radius 2 is 1.94 bits per heavy atom. The van der Waals surface area contributed by atoms with Crippen LogP contribution in [0, 0.1) is 6.92 Å². The van der Waals surface area contributed by atoms with E-state index in [1.54, 1.807) is 10.0 Å². The first kappa shape index (κ1) is 10.3. The summed E-state index contributed by atoms with van der Waals surface area (Å²) in [6, 6.07) is 8.63. The van der Waals surface area contributed by atoms with Crippen molar-refractivity contribution in [3.63, 3.8) is 0 Å². The third-order valence-corrected chi connectivity index (χ3v) is 5.33. The summed E-state index contributed by atoms with van der Waals surface area (Å²) in [5, 5.41) is 0. The maximum atomic E-state index is 4.82. The topological polar surface area (TPSA) is 12.9 Å². The maximum absolute atomic E-state index is 4.82. The molecule has 0 bridgehead atoms. The Morgan fingerprint density at radius 3 is 2.81 bits per heavy atom. The van der Waals surface area contributed by atoms with E-state index in [4.69, 9.17) is 3.98 Å². The van der Waals surface area contributed by atoms with Crippen molar-refractivity contribution in [1.29, 1.82) is 0 Å². The van der Waals surface area contributed by atoms with Gasteiger partial charge in [0, 0.05) is 0 Å². The summed E-state index contributed by atoms with van der Waals surface area (Å²) >= 11 is 0.396. The molecule has 0 spiro atoms. The predicted molar refractivity (Wildman–Crippen MR) is 68.0 cm³/mol. The van der Waals surface area contributed by atoms with Crippen molar-refractivity contribution in [2.45, 2.75) is 32.6 Å². The quantitative estimate of drug-likeness (QED) is 0.730. The van der Waals surface area contributed by atoms with E-state index in [-0.39, 0.29) is 0 Å². The van der Waals surface area contributed by atoms with Gasteiger partial charge < -0.3 is 0 Å². The van der Waals surface area contributed by atoms with Crippen LogP contribution in [0.15, 0.2) is 24.3 Å². The second-order valence-corrected chi connectivity index (χ2v) is 6.25. The van der Waals surface area contributed by atoms with Gasteiger partial charge in [0.05, 0.1) is 0 Å². The van der Waals surface area contributed by atoms with Gasteiger partial charge in [-0.25, -0.2) is 0 Å². The number of rotatable bonds is 1. The van der Waals surface area contributed by atoms with Crippen LogP contribution in [0.3, 0.4) is 0 Å². The Bertz CT molecular complexity index is 513. The van der Waals surface area contributed by atoms with E-state index in [0.717, 1.165) is 0 Å². The molecule has 0 N–H and O–H groups in total. The molecule has 0 fully saturated rings. The molecule has 0 atom stereocenters. The number of benzene rings is 1. The van der Waals surface area contributed by atoms with E-state index in [0.29, 0.717) is 14.7 Å². The average Bonchev–Trinajstić information content (AvgIpc) is 2.74. The fourth-order valence-electron chi connectivity index (χ4n) is 2.44. The Balaban J connectivity index is 2.13. The number of aromatic nitrogens is 1. The minimum atomic E-state index is 0.396. The van der Waals surface area contributed by atoms with Crippen LogP contribution in [-0.2, 0) is 12.8 Å². The van der Waals surface area contributed by atoms with Gasteiger partial charge >= 0.3 is 102 Å². The summed E-state index contributed by atoms with van der Waals surface area (Å²) in [6.07, 6.45) is 5.27. The number of nitrogens with zero attached hydrogens (tertiary/aromatic N) is 1. The molecule has 82 valence electrons. The molecule has 0 aliphatic heterocycles. The van der Waals surface area contributed by atoms with Crippen molar-refractivity contribution in [3.8, 4) is 11.3 Å². The molecule has 1 aromatic heterocycles. The monoisotopic (exact) mass is 277 g/mol. The number of hydrogen-bond acceptors (Lipinski definition) is 1. The molecular formula is C14H15NSe. The normalized spacial score (nSPS) is 14.8. The molecule has 0 radical (unpaired) electrons. The minimum absolute atomic E-state index is 0.396. The molecule has 1 aliphatic carbocycles. The van der Waals surface area contributed by atoms with Gasteiger partial charge in [-0.05, 0) is 0 Å². The Hall–Kier alpha value is -0.851. The molecule has 1 heterocycles. The summed E-state index contributed by atoms with van der Waals surface area (Å²) in [5.41, 5.74) is 5.61. The Morgan fingerprint density at radius 1 is 1.12 bits per heavy atom. The molecule has 0 unspecified atom stereocenters. The summed E-state index contributed by atoms with van der Waals surface area (Å²) < 4.78 is 6.48. The van der Waals surface area contributed by atoms with E-state index < -0.39 is 0 Å². The zero-order chi connectivity index (χ0) is 11.0. The second kappa shape index (κ2) is 4.20. The van der Waals surface area contributed by atoms with Crippen molar-refractivity contribution in [1.82, 2.24) is 3.98 Å². The van der Waals surface area contributed by atoms with Gasteiger partial charge in [-0.15, -0.1) is 0 Å². The number of fused-ring (bicyclic) bond motifs is 1. The van der Waals surface area contributed by atoms with E-state index in [1.807, 2.05) is 0 Å². The first-order valence-corrected chi connectivity index (χ1v) is 7.52. The Labute approximate surface area is 103 Å². The van der Waals surface area contributed by atoms with Crippen molar-refractivity contribution >= 4 is 14.7 Å². The Kier molecular flexibility index (Phi) is 2.70. The van der Waals surface area contributed by atoms with Crippen LogP contribution < -0.4 is 0 Å². The van der Waals surface area contributed by atoms with E-state index >= 15 is 0 Å². The van der Waals surface area contributed by atoms with Gasteiger partial charge in [-0.2, -0.15) is 0 Å². The molecular weight excluding hydrogens is 261 g/mol. The summed E-state index contributed by atoms with van der Waals surface area (Å²) in [4.78, 5) is 0. The standard InChI is InChI=1S/C14H15NSe/c1-10-6-2-3-7-11(10)14-12-8-4-5-9-13(12)16-15-14/h2-3,6-7H,4-5,8-9H2,1H3. The van der Waals surface area contributed by atoms with Crippen LogP contribution >= 0.6 is 0 Å². The summed E-state index contributed by atoms with van der Waals surface area (Å²) in [5.74, 6) is 0. The average molecular weight is 276 g/mol. The molecule has 1 aromatic carbocycles. The van der Waals surface area contributed by atoms with Crippen LogP contribution in [0.1, 0.15) is 28.4 Å². The number of aryl methyl sites for hydroxylation is 2. The summed E-state index contributed by atoms with van der Waals surface area (Å²) in [7, 11) is 0. The van der Waals surface area contributed by atoms with Gasteiger partial charge in [-0.1, -0.05) is 0 Å². The van der Waals surface area contributed by atoms with Crippen LogP contribution in [0.25, 0.3) is 11.3 Å². The zero-order valence-corrected chi connectivity index (χ0v) is 11.2. The van der Waals surface area contributed by atoms with E-state index in [1.165, 1.54) is 42.5 Å². The van der Waals surface area contributed by atoms with Gasteiger partial charge in [0.25, 0.3) is 0 Å². The van der Waals surface area contributed by atoms with Crippen molar-refractivity contribution in [2.75, 3.05) is 0 Å². The van der Waals surface area contributed by atoms with E-state index in [2.05, 4.69) is 31.2 Å². The predicted octanol–water partition coefficient (Wildman–Crippen LogP) is 2.99. The van der Waals surface area contributed by atoms with Crippen LogP contribution in [0.4, 0.5) is 0 Å². The third-order valence-electron chi connectivity index (χ3n) is 3.35. The molecule has 16 heavy (non-hydrogen) atoms. The van der Waals surface area contributed by atoms with Gasteiger partial charge in [0.15, 0.2) is 0 Å². The van der Waals surface area contributed by atoms with Gasteiger partial charge in [0.1, 0.15) is 0 Å². The first-order valence-electron chi connectivity index (χ1n) is 5.89. The van der Waals surface area contributed by atoms with Crippen LogP contribution in [-0.4, -0.2) is 18.7 Å². The fourth-order valence-corrected chi connectivity index (χ4v) is 4.44. The fraction of sp³-hybridized carbons (Fsp3) is 0.357. The third kappa shape index (κ3) is 1.66. The van der Waals surface area contributed by atoms with Crippen LogP contribution in [0.2, 0.25) is 0 Å². The van der Waals surface area contributed by atoms with Gasteiger partial charge in [-0.3, -0.25) is 0 Å². The van der Waals surface area contributed by atoms with E-state index in [9.17, 15) is 0 Å². The SMILES string of the molecule is Cc1ccccc1-c1n[se]c2c1CCCC2. The van der Waals surface area contributed by atoms with Crippen molar-refractivity contribution < 1.29 is 0 Å². The second-order valence-electron chi connectivity index (χ2n) is 4.45. The van der Waals surface area contributed by atoms with Crippen LogP contribution in [0.5, 0.6) is 0 Å². The molecule has 0 saturated carbocycles. The van der Waals surface area contributed by atoms with Crippen molar-refractivity contribution in [2.24, 2.45) is 0 Å². The zero-order valence-electron chi connectivity index (χ0n) is 9.49.